The molecule has 0 aliphatic rings. The highest BCUT2D eigenvalue weighted by molar-refractivity contribution is 5.94. The normalized spacial score (nSPS) is 11.9. The summed E-state index contributed by atoms with van der Waals surface area (Å²) in [5.41, 5.74) is 11.3. The van der Waals surface area contributed by atoms with Crippen LogP contribution >= 0.6 is 0 Å². The molecule has 10 nitrogen and oxygen atoms in total. The second-order valence-electron chi connectivity index (χ2n) is 9.43. The molecule has 4 heterocycles. The molecular weight excluding hydrogens is 494 g/mol. The molecule has 0 spiro atoms. The fourth-order valence-corrected chi connectivity index (χ4v) is 4.61. The van der Waals surface area contributed by atoms with E-state index in [0.29, 0.717) is 51.2 Å². The summed E-state index contributed by atoms with van der Waals surface area (Å²) in [6.45, 7) is 7.32. The number of rotatable bonds is 6. The van der Waals surface area contributed by atoms with Crippen molar-refractivity contribution in [2.24, 2.45) is 0 Å². The van der Waals surface area contributed by atoms with E-state index in [4.69, 9.17) is 10.7 Å². The minimum atomic E-state index is -1.03. The number of carboxylic acid groups (broad SMARTS) is 1. The van der Waals surface area contributed by atoms with Crippen LogP contribution in [0.25, 0.3) is 28.3 Å². The molecule has 0 fully saturated rings. The molecule has 39 heavy (non-hydrogen) atoms. The molecule has 196 valence electrons. The number of fused-ring (bicyclic) bond motifs is 1. The zero-order valence-electron chi connectivity index (χ0n) is 21.9. The fourth-order valence-electron chi connectivity index (χ4n) is 4.61. The Morgan fingerprint density at radius 2 is 1.79 bits per heavy atom. The first-order valence-corrected chi connectivity index (χ1v) is 12.3. The van der Waals surface area contributed by atoms with E-state index in [1.807, 2.05) is 32.0 Å². The van der Waals surface area contributed by atoms with E-state index in [1.54, 1.807) is 61.0 Å². The Bertz CT molecular complexity index is 1780. The van der Waals surface area contributed by atoms with E-state index in [9.17, 15) is 14.7 Å². The zero-order chi connectivity index (χ0) is 27.8. The Kier molecular flexibility index (Phi) is 6.53. The Hall–Kier alpha value is -5.12. The first-order valence-electron chi connectivity index (χ1n) is 12.3. The third-order valence-corrected chi connectivity index (χ3v) is 6.47. The van der Waals surface area contributed by atoms with Crippen LogP contribution in [0.5, 0.6) is 0 Å². The highest BCUT2D eigenvalue weighted by atomic mass is 16.4. The van der Waals surface area contributed by atoms with Gasteiger partial charge in [0.15, 0.2) is 0 Å². The van der Waals surface area contributed by atoms with Crippen LogP contribution in [0.1, 0.15) is 45.8 Å². The number of aromatic nitrogens is 5. The number of benzene rings is 1. The van der Waals surface area contributed by atoms with E-state index < -0.39 is 5.97 Å². The van der Waals surface area contributed by atoms with Gasteiger partial charge in [-0.2, -0.15) is 0 Å². The molecule has 0 bridgehead atoms. The van der Waals surface area contributed by atoms with Crippen LogP contribution < -0.4 is 16.6 Å². The number of nitrogens with zero attached hydrogens (tertiary/aromatic N) is 5. The van der Waals surface area contributed by atoms with Crippen LogP contribution in [0.15, 0.2) is 65.7 Å². The van der Waals surface area contributed by atoms with Gasteiger partial charge in [-0.3, -0.25) is 14.2 Å². The zero-order valence-corrected chi connectivity index (χ0v) is 21.9. The number of nitrogens with one attached hydrogen (secondary N) is 1. The molecule has 5 aromatic rings. The van der Waals surface area contributed by atoms with Crippen LogP contribution in [0.3, 0.4) is 0 Å². The number of aromatic carboxylic acids is 1. The molecule has 0 radical (unpaired) electrons. The van der Waals surface area contributed by atoms with Crippen molar-refractivity contribution in [3.63, 3.8) is 0 Å². The third kappa shape index (κ3) is 4.91. The minimum Gasteiger partial charge on any atom is -0.478 e. The van der Waals surface area contributed by atoms with Gasteiger partial charge in [-0.25, -0.2) is 19.7 Å². The molecule has 0 saturated carbocycles. The second-order valence-corrected chi connectivity index (χ2v) is 9.43. The summed E-state index contributed by atoms with van der Waals surface area (Å²) in [7, 11) is 0. The predicted molar refractivity (Wildman–Crippen MR) is 150 cm³/mol. The molecule has 1 aromatic carbocycles. The fraction of sp³-hybridized carbons (Fsp3) is 0.172. The van der Waals surface area contributed by atoms with Crippen molar-refractivity contribution in [3.05, 3.63) is 99.4 Å². The monoisotopic (exact) mass is 521 g/mol. The first-order chi connectivity index (χ1) is 18.6. The molecule has 1 atom stereocenters. The van der Waals surface area contributed by atoms with E-state index in [-0.39, 0.29) is 17.2 Å². The molecule has 5 rings (SSSR count). The summed E-state index contributed by atoms with van der Waals surface area (Å²) in [6, 6.07) is 13.6. The topological polar surface area (TPSA) is 148 Å². The second kappa shape index (κ2) is 9.97. The molecule has 0 aliphatic heterocycles. The quantitative estimate of drug-likeness (QED) is 0.292. The molecule has 0 unspecified atom stereocenters. The highest BCUT2D eigenvalue weighted by Gasteiger charge is 2.19. The van der Waals surface area contributed by atoms with Gasteiger partial charge in [-0.05, 0) is 63.6 Å². The van der Waals surface area contributed by atoms with E-state index >= 15 is 0 Å². The van der Waals surface area contributed by atoms with Crippen LogP contribution in [-0.4, -0.2) is 35.4 Å². The number of hydrogen-bond donors (Lipinski definition) is 3. The smallest absolute Gasteiger partial charge is 0.337 e. The molecule has 4 N–H and O–H groups in total. The summed E-state index contributed by atoms with van der Waals surface area (Å²) < 4.78 is 1.54. The molecule has 10 heteroatoms. The number of nitrogens with two attached hydrogens (primary N) is 1. The van der Waals surface area contributed by atoms with Crippen molar-refractivity contribution < 1.29 is 9.90 Å². The number of para-hydroxylation sites is 1. The van der Waals surface area contributed by atoms with Crippen LogP contribution in [0, 0.1) is 20.8 Å². The Balaban J connectivity index is 1.60. The maximum absolute atomic E-state index is 13.5. The maximum Gasteiger partial charge on any atom is 0.337 e. The molecule has 0 saturated heterocycles. The summed E-state index contributed by atoms with van der Waals surface area (Å²) in [4.78, 5) is 43.2. The van der Waals surface area contributed by atoms with Crippen LogP contribution in [0.4, 0.5) is 11.5 Å². The van der Waals surface area contributed by atoms with Gasteiger partial charge in [0.25, 0.3) is 5.56 Å². The third-order valence-electron chi connectivity index (χ3n) is 6.47. The largest absolute Gasteiger partial charge is 0.478 e. The van der Waals surface area contributed by atoms with E-state index in [1.165, 1.54) is 0 Å². The minimum absolute atomic E-state index is 0.162. The summed E-state index contributed by atoms with van der Waals surface area (Å²) in [5, 5.41) is 12.9. The lowest BCUT2D eigenvalue weighted by atomic mass is 10.0. The van der Waals surface area contributed by atoms with Gasteiger partial charge in [0.1, 0.15) is 17.3 Å². The molecular formula is C29H27N7O3. The van der Waals surface area contributed by atoms with Crippen molar-refractivity contribution in [1.82, 2.24) is 24.3 Å². The van der Waals surface area contributed by atoms with Crippen molar-refractivity contribution >= 4 is 23.1 Å². The number of nitrogen functional groups attached to an aromatic ring is 1. The number of carbonyl (C=O) groups is 1. The predicted octanol–water partition coefficient (Wildman–Crippen LogP) is 4.59. The highest BCUT2D eigenvalue weighted by Crippen LogP contribution is 2.28. The summed E-state index contributed by atoms with van der Waals surface area (Å²) in [6.07, 6.45) is 3.42. The van der Waals surface area contributed by atoms with Gasteiger partial charge < -0.3 is 16.2 Å². The van der Waals surface area contributed by atoms with Gasteiger partial charge >= 0.3 is 5.97 Å². The molecule has 0 aliphatic carbocycles. The van der Waals surface area contributed by atoms with Crippen molar-refractivity contribution in [1.29, 1.82) is 0 Å². The van der Waals surface area contributed by atoms with Crippen molar-refractivity contribution in [2.75, 3.05) is 11.1 Å². The lowest BCUT2D eigenvalue weighted by molar-refractivity contribution is 0.0698. The Labute approximate surface area is 224 Å². The van der Waals surface area contributed by atoms with E-state index in [2.05, 4.69) is 20.3 Å². The lowest BCUT2D eigenvalue weighted by Crippen LogP contribution is -2.22. The number of pyridine rings is 2. The SMILES string of the molecule is Cc1cc([C@@H](C)Nc2ccccc2C(=O)O)c2nc(-c3ccc(-c4cc(N)nc(C)n4)nc3)c(C)c(=O)n2c1. The Morgan fingerprint density at radius 3 is 2.49 bits per heavy atom. The number of carboxylic acids is 1. The number of hydrogen-bond acceptors (Lipinski definition) is 8. The van der Waals surface area contributed by atoms with Gasteiger partial charge in [-0.15, -0.1) is 0 Å². The summed E-state index contributed by atoms with van der Waals surface area (Å²) >= 11 is 0. The number of anilines is 2. The Morgan fingerprint density at radius 1 is 1.03 bits per heavy atom. The van der Waals surface area contributed by atoms with Crippen molar-refractivity contribution in [3.8, 4) is 22.6 Å². The van der Waals surface area contributed by atoms with Gasteiger partial charge in [0.05, 0.1) is 28.7 Å². The average molecular weight is 522 g/mol. The molecule has 4 aromatic heterocycles. The summed E-state index contributed by atoms with van der Waals surface area (Å²) in [5.74, 6) is -0.116. The lowest BCUT2D eigenvalue weighted by Gasteiger charge is -2.20. The van der Waals surface area contributed by atoms with Crippen molar-refractivity contribution in [2.45, 2.75) is 33.7 Å². The average Bonchev–Trinajstić information content (AvgIpc) is 2.90. The molecule has 0 amide bonds. The van der Waals surface area contributed by atoms with Crippen LogP contribution in [-0.2, 0) is 0 Å². The standard InChI is InChI=1S/C29H27N7O3/c1-15-11-21(17(3)32-22-8-6-5-7-20(22)29(38)39)27-35-26(16(2)28(37)36(27)14-15)19-9-10-23(31-13-19)24-12-25(30)34-18(4)33-24/h5-14,17,32H,1-4H3,(H,38,39)(H2,30,33,34)/t17-/m1/s1. The first kappa shape index (κ1) is 25.5. The van der Waals surface area contributed by atoms with Gasteiger partial charge in [-0.1, -0.05) is 12.1 Å². The number of aryl methyl sites for hydroxylation is 2. The van der Waals surface area contributed by atoms with Crippen LogP contribution in [0.2, 0.25) is 0 Å². The van der Waals surface area contributed by atoms with Gasteiger partial charge in [0.2, 0.25) is 0 Å². The maximum atomic E-state index is 13.5. The van der Waals surface area contributed by atoms with Gasteiger partial charge in [0, 0.05) is 40.8 Å². The van der Waals surface area contributed by atoms with E-state index in [0.717, 1.165) is 11.1 Å².